The summed E-state index contributed by atoms with van der Waals surface area (Å²) in [6.07, 6.45) is 1.55. The highest BCUT2D eigenvalue weighted by Crippen LogP contribution is 2.61. The lowest BCUT2D eigenvalue weighted by atomic mass is 9.70. The molecule has 8 nitrogen and oxygen atoms in total. The van der Waals surface area contributed by atoms with Gasteiger partial charge in [-0.15, -0.1) is 0 Å². The molecular formula is C25H33BrN2O6. The summed E-state index contributed by atoms with van der Waals surface area (Å²) >= 11 is 3.63. The minimum atomic E-state index is -1.18. The van der Waals surface area contributed by atoms with Gasteiger partial charge >= 0.3 is 5.97 Å². The number of aliphatic hydroxyl groups is 1. The monoisotopic (exact) mass is 536 g/mol. The summed E-state index contributed by atoms with van der Waals surface area (Å²) in [5.74, 6) is -2.82. The summed E-state index contributed by atoms with van der Waals surface area (Å²) in [7, 11) is 0. The molecule has 0 saturated carbocycles. The third-order valence-electron chi connectivity index (χ3n) is 7.34. The second-order valence-corrected chi connectivity index (χ2v) is 10.6. The number of hydrogen-bond acceptors (Lipinski definition) is 6. The molecule has 1 aromatic carbocycles. The van der Waals surface area contributed by atoms with Gasteiger partial charge in [0, 0.05) is 10.9 Å². The van der Waals surface area contributed by atoms with Gasteiger partial charge in [-0.2, -0.15) is 0 Å². The van der Waals surface area contributed by atoms with Crippen molar-refractivity contribution in [2.75, 3.05) is 13.2 Å². The molecule has 2 N–H and O–H groups in total. The van der Waals surface area contributed by atoms with E-state index in [2.05, 4.69) is 21.2 Å². The molecule has 3 fully saturated rings. The van der Waals surface area contributed by atoms with Crippen LogP contribution in [0.4, 0.5) is 0 Å². The molecule has 0 aromatic heterocycles. The second-order valence-electron chi connectivity index (χ2n) is 9.47. The number of rotatable bonds is 9. The van der Waals surface area contributed by atoms with Crippen LogP contribution in [0.2, 0.25) is 0 Å². The maximum atomic E-state index is 14.0. The van der Waals surface area contributed by atoms with Crippen molar-refractivity contribution in [3.8, 4) is 0 Å². The Balaban J connectivity index is 1.80. The number of esters is 1. The van der Waals surface area contributed by atoms with E-state index in [1.54, 1.807) is 6.92 Å². The Morgan fingerprint density at radius 1 is 1.32 bits per heavy atom. The third-order valence-corrected chi connectivity index (χ3v) is 8.18. The predicted molar refractivity (Wildman–Crippen MR) is 128 cm³/mol. The number of aliphatic hydroxyl groups excluding tert-OH is 1. The van der Waals surface area contributed by atoms with Gasteiger partial charge in [0.15, 0.2) is 0 Å². The molecule has 3 heterocycles. The van der Waals surface area contributed by atoms with E-state index in [1.807, 2.05) is 44.2 Å². The van der Waals surface area contributed by atoms with E-state index in [4.69, 9.17) is 9.47 Å². The minimum Gasteiger partial charge on any atom is -0.466 e. The Hall–Kier alpha value is -1.97. The molecule has 3 aliphatic heterocycles. The quantitative estimate of drug-likeness (QED) is 0.370. The van der Waals surface area contributed by atoms with E-state index < -0.39 is 41.6 Å². The van der Waals surface area contributed by atoms with Gasteiger partial charge in [-0.05, 0) is 32.3 Å². The maximum Gasteiger partial charge on any atom is 0.312 e. The molecule has 2 bridgehead atoms. The zero-order chi connectivity index (χ0) is 24.6. The summed E-state index contributed by atoms with van der Waals surface area (Å²) < 4.78 is 11.7. The number of nitrogens with zero attached hydrogens (tertiary/aromatic N) is 1. The topological polar surface area (TPSA) is 105 Å². The number of carbonyl (C=O) groups excluding carboxylic acids is 3. The molecule has 186 valence electrons. The Bertz CT molecular complexity index is 929. The first-order valence-corrected chi connectivity index (χ1v) is 13.0. The molecule has 34 heavy (non-hydrogen) atoms. The first-order valence-electron chi connectivity index (χ1n) is 12.1. The first-order chi connectivity index (χ1) is 16.3. The second kappa shape index (κ2) is 9.95. The van der Waals surface area contributed by atoms with Crippen molar-refractivity contribution in [2.45, 2.75) is 74.7 Å². The van der Waals surface area contributed by atoms with Crippen molar-refractivity contribution in [1.29, 1.82) is 0 Å². The van der Waals surface area contributed by atoms with Crippen molar-refractivity contribution >= 4 is 33.7 Å². The van der Waals surface area contributed by atoms with Crippen molar-refractivity contribution in [3.05, 3.63) is 35.9 Å². The predicted octanol–water partition coefficient (Wildman–Crippen LogP) is 2.34. The lowest BCUT2D eigenvalue weighted by Gasteiger charge is -2.37. The highest BCUT2D eigenvalue weighted by Gasteiger charge is 2.77. The molecule has 3 saturated heterocycles. The van der Waals surface area contributed by atoms with Gasteiger partial charge in [-0.1, -0.05) is 59.6 Å². The van der Waals surface area contributed by atoms with Gasteiger partial charge in [0.25, 0.3) is 0 Å². The van der Waals surface area contributed by atoms with Gasteiger partial charge in [0.2, 0.25) is 11.8 Å². The maximum absolute atomic E-state index is 14.0. The van der Waals surface area contributed by atoms with Crippen molar-refractivity contribution in [2.24, 2.45) is 11.8 Å². The SMILES string of the molecule is CCCC(C)NC(=O)C1N([C@H](CO)c2ccccc2)C(=O)[C@@H]2[C@H](C(=O)OCC)[C@H]3OC12CC3Br. The number of fused-ring (bicyclic) bond motifs is 1. The number of alkyl halides is 1. The average molecular weight is 537 g/mol. The average Bonchev–Trinajstić information content (AvgIpc) is 3.39. The number of hydrogen-bond donors (Lipinski definition) is 2. The molecular weight excluding hydrogens is 504 g/mol. The van der Waals surface area contributed by atoms with Crippen LogP contribution in [0.3, 0.4) is 0 Å². The van der Waals surface area contributed by atoms with Crippen LogP contribution in [0.15, 0.2) is 30.3 Å². The van der Waals surface area contributed by atoms with Crippen LogP contribution in [-0.2, 0) is 23.9 Å². The van der Waals surface area contributed by atoms with Crippen LogP contribution in [-0.4, -0.2) is 69.6 Å². The fourth-order valence-corrected chi connectivity index (χ4v) is 7.01. The Morgan fingerprint density at radius 2 is 2.03 bits per heavy atom. The van der Waals surface area contributed by atoms with Crippen LogP contribution in [0, 0.1) is 11.8 Å². The molecule has 1 aromatic rings. The fraction of sp³-hybridized carbons (Fsp3) is 0.640. The van der Waals surface area contributed by atoms with Crippen LogP contribution < -0.4 is 5.32 Å². The lowest BCUT2D eigenvalue weighted by molar-refractivity contribution is -0.155. The number of benzene rings is 1. The van der Waals surface area contributed by atoms with Crippen LogP contribution in [0.5, 0.6) is 0 Å². The molecule has 8 atom stereocenters. The zero-order valence-electron chi connectivity index (χ0n) is 19.8. The Labute approximate surface area is 208 Å². The van der Waals surface area contributed by atoms with E-state index in [0.29, 0.717) is 12.0 Å². The standard InChI is InChI=1S/C25H33BrN2O6/c1-4-9-14(3)27-22(30)21-25-12-16(26)20(34-25)18(24(32)33-5-2)19(25)23(31)28(21)17(13-29)15-10-7-6-8-11-15/h6-8,10-11,14,16-21,29H,4-5,9,12-13H2,1-3H3,(H,27,30)/t14?,16?,17-,18+,19+,20+,21?,25?/m1/s1. The summed E-state index contributed by atoms with van der Waals surface area (Å²) in [4.78, 5) is 42.0. The molecule has 9 heteroatoms. The van der Waals surface area contributed by atoms with Crippen molar-refractivity contribution in [3.63, 3.8) is 0 Å². The fourth-order valence-electron chi connectivity index (χ4n) is 6.07. The lowest BCUT2D eigenvalue weighted by Crippen LogP contribution is -2.57. The van der Waals surface area contributed by atoms with Gasteiger partial charge < -0.3 is 24.8 Å². The van der Waals surface area contributed by atoms with Crippen molar-refractivity contribution < 1.29 is 29.0 Å². The first kappa shape index (κ1) is 25.1. The zero-order valence-corrected chi connectivity index (χ0v) is 21.4. The normalized spacial score (nSPS) is 33.5. The number of ether oxygens (including phenoxy) is 2. The highest BCUT2D eigenvalue weighted by molar-refractivity contribution is 9.09. The Morgan fingerprint density at radius 3 is 2.65 bits per heavy atom. The van der Waals surface area contributed by atoms with Gasteiger partial charge in [-0.3, -0.25) is 14.4 Å². The van der Waals surface area contributed by atoms with Gasteiger partial charge in [-0.25, -0.2) is 0 Å². The Kier molecular flexibility index (Phi) is 7.36. The largest absolute Gasteiger partial charge is 0.466 e. The number of nitrogens with one attached hydrogen (secondary N) is 1. The summed E-state index contributed by atoms with van der Waals surface area (Å²) in [5.41, 5.74) is -0.460. The molecule has 2 amide bonds. The summed E-state index contributed by atoms with van der Waals surface area (Å²) in [6.45, 7) is 5.52. The van der Waals surface area contributed by atoms with E-state index in [1.165, 1.54) is 4.90 Å². The number of amides is 2. The van der Waals surface area contributed by atoms with E-state index in [0.717, 1.165) is 12.8 Å². The summed E-state index contributed by atoms with van der Waals surface area (Å²) in [5, 5.41) is 13.4. The molecule has 0 aliphatic carbocycles. The van der Waals surface area contributed by atoms with Crippen LogP contribution in [0.25, 0.3) is 0 Å². The number of carbonyl (C=O) groups is 3. The third kappa shape index (κ3) is 3.95. The molecule has 4 unspecified atom stereocenters. The van der Waals surface area contributed by atoms with Crippen molar-refractivity contribution in [1.82, 2.24) is 10.2 Å². The van der Waals surface area contributed by atoms with E-state index in [9.17, 15) is 19.5 Å². The molecule has 3 aliphatic rings. The van der Waals surface area contributed by atoms with E-state index >= 15 is 0 Å². The summed E-state index contributed by atoms with van der Waals surface area (Å²) in [6, 6.07) is 7.34. The van der Waals surface area contributed by atoms with Crippen LogP contribution in [0.1, 0.15) is 51.6 Å². The van der Waals surface area contributed by atoms with Crippen LogP contribution >= 0.6 is 15.9 Å². The molecule has 0 radical (unpaired) electrons. The molecule has 4 rings (SSSR count). The smallest absolute Gasteiger partial charge is 0.312 e. The van der Waals surface area contributed by atoms with Gasteiger partial charge in [0.05, 0.1) is 37.2 Å². The minimum absolute atomic E-state index is 0.0894. The number of halogens is 1. The van der Waals surface area contributed by atoms with E-state index in [-0.39, 0.29) is 35.9 Å². The highest BCUT2D eigenvalue weighted by atomic mass is 79.9. The molecule has 1 spiro atoms. The number of likely N-dealkylation sites (tertiary alicyclic amines) is 1. The van der Waals surface area contributed by atoms with Gasteiger partial charge in [0.1, 0.15) is 11.6 Å².